The lowest BCUT2D eigenvalue weighted by Gasteiger charge is -2.16. The van der Waals surface area contributed by atoms with Crippen LogP contribution in [-0.4, -0.2) is 10.9 Å². The van der Waals surface area contributed by atoms with Crippen molar-refractivity contribution in [3.63, 3.8) is 0 Å². The predicted molar refractivity (Wildman–Crippen MR) is 90.8 cm³/mol. The van der Waals surface area contributed by atoms with E-state index in [0.29, 0.717) is 11.1 Å². The molecule has 120 valence electrons. The summed E-state index contributed by atoms with van der Waals surface area (Å²) in [6, 6.07) is 7.86. The highest BCUT2D eigenvalue weighted by atomic mass is 16.1. The summed E-state index contributed by atoms with van der Waals surface area (Å²) < 4.78 is 0. The number of hydrogen-bond acceptors (Lipinski definition) is 2. The first-order chi connectivity index (χ1) is 11.0. The normalized spacial score (nSPS) is 13.5. The molecule has 0 atom stereocenters. The summed E-state index contributed by atoms with van der Waals surface area (Å²) in [6.45, 7) is 3.99. The largest absolute Gasteiger partial charge is 0.348 e. The van der Waals surface area contributed by atoms with Crippen LogP contribution in [0.1, 0.15) is 51.1 Å². The minimum Gasteiger partial charge on any atom is -0.348 e. The van der Waals surface area contributed by atoms with Gasteiger partial charge in [0.1, 0.15) is 0 Å². The average molecular weight is 310 g/mol. The Morgan fingerprint density at radius 1 is 1.13 bits per heavy atom. The van der Waals surface area contributed by atoms with Gasteiger partial charge in [0.2, 0.25) is 0 Å². The second-order valence-corrected chi connectivity index (χ2v) is 6.32. The standard InChI is InChI=1S/C19H22N2O2/c1-12-9-13(2)21-19(23)17(12)11-20-18(22)16-8-7-14-5-3-4-6-15(14)10-16/h7-10H,3-6,11H2,1-2H3,(H,20,22)(H,21,23). The van der Waals surface area contributed by atoms with E-state index in [9.17, 15) is 9.59 Å². The van der Waals surface area contributed by atoms with Crippen LogP contribution in [0.2, 0.25) is 0 Å². The van der Waals surface area contributed by atoms with E-state index in [1.807, 2.05) is 32.0 Å². The van der Waals surface area contributed by atoms with Crippen molar-refractivity contribution < 1.29 is 4.79 Å². The lowest BCUT2D eigenvalue weighted by atomic mass is 9.90. The van der Waals surface area contributed by atoms with Gasteiger partial charge in [0.15, 0.2) is 0 Å². The molecule has 4 nitrogen and oxygen atoms in total. The quantitative estimate of drug-likeness (QED) is 0.915. The van der Waals surface area contributed by atoms with Crippen LogP contribution in [0.4, 0.5) is 0 Å². The minimum atomic E-state index is -0.131. The summed E-state index contributed by atoms with van der Waals surface area (Å²) in [4.78, 5) is 27.1. The fourth-order valence-corrected chi connectivity index (χ4v) is 3.25. The first kappa shape index (κ1) is 15.5. The molecule has 3 rings (SSSR count). The van der Waals surface area contributed by atoms with Crippen molar-refractivity contribution >= 4 is 5.91 Å². The van der Waals surface area contributed by atoms with Gasteiger partial charge in [-0.2, -0.15) is 0 Å². The van der Waals surface area contributed by atoms with Crippen LogP contribution in [0.5, 0.6) is 0 Å². The first-order valence-corrected chi connectivity index (χ1v) is 8.14. The van der Waals surface area contributed by atoms with E-state index in [2.05, 4.69) is 16.4 Å². The number of aromatic amines is 1. The number of fused-ring (bicyclic) bond motifs is 1. The Morgan fingerprint density at radius 2 is 1.87 bits per heavy atom. The van der Waals surface area contributed by atoms with Crippen LogP contribution in [0.15, 0.2) is 29.1 Å². The molecule has 0 aliphatic heterocycles. The van der Waals surface area contributed by atoms with E-state index in [1.54, 1.807) is 0 Å². The maximum absolute atomic E-state index is 12.4. The number of aromatic nitrogens is 1. The third kappa shape index (κ3) is 3.36. The molecular weight excluding hydrogens is 288 g/mol. The SMILES string of the molecule is Cc1cc(C)c(CNC(=O)c2ccc3c(c2)CCCC3)c(=O)[nH]1. The highest BCUT2D eigenvalue weighted by molar-refractivity contribution is 5.94. The van der Waals surface area contributed by atoms with Crippen molar-refractivity contribution in [3.8, 4) is 0 Å². The number of hydrogen-bond donors (Lipinski definition) is 2. The summed E-state index contributed by atoms with van der Waals surface area (Å²) >= 11 is 0. The van der Waals surface area contributed by atoms with Gasteiger partial charge >= 0.3 is 0 Å². The lowest BCUT2D eigenvalue weighted by molar-refractivity contribution is 0.0950. The maximum Gasteiger partial charge on any atom is 0.253 e. The van der Waals surface area contributed by atoms with E-state index >= 15 is 0 Å². The third-order valence-corrected chi connectivity index (χ3v) is 4.53. The Kier molecular flexibility index (Phi) is 4.33. The van der Waals surface area contributed by atoms with Gasteiger partial charge in [-0.25, -0.2) is 0 Å². The molecule has 1 heterocycles. The second-order valence-electron chi connectivity index (χ2n) is 6.32. The van der Waals surface area contributed by atoms with E-state index < -0.39 is 0 Å². The molecule has 23 heavy (non-hydrogen) atoms. The number of carbonyl (C=O) groups excluding carboxylic acids is 1. The molecule has 2 N–H and O–H groups in total. The Morgan fingerprint density at radius 3 is 2.61 bits per heavy atom. The van der Waals surface area contributed by atoms with Crippen LogP contribution >= 0.6 is 0 Å². The van der Waals surface area contributed by atoms with Gasteiger partial charge in [-0.3, -0.25) is 9.59 Å². The van der Waals surface area contributed by atoms with Gasteiger partial charge in [0.25, 0.3) is 11.5 Å². The Labute approximate surface area is 135 Å². The van der Waals surface area contributed by atoms with Gasteiger partial charge < -0.3 is 10.3 Å². The molecule has 0 fully saturated rings. The molecule has 0 saturated heterocycles. The van der Waals surface area contributed by atoms with Gasteiger partial charge in [-0.15, -0.1) is 0 Å². The number of amides is 1. The molecule has 4 heteroatoms. The molecular formula is C19H22N2O2. The first-order valence-electron chi connectivity index (χ1n) is 8.14. The molecule has 0 spiro atoms. The van der Waals surface area contributed by atoms with Crippen molar-refractivity contribution in [3.05, 3.63) is 68.1 Å². The molecule has 2 aromatic rings. The van der Waals surface area contributed by atoms with E-state index in [1.165, 1.54) is 24.0 Å². The van der Waals surface area contributed by atoms with E-state index in [-0.39, 0.29) is 18.0 Å². The number of aryl methyl sites for hydroxylation is 4. The predicted octanol–water partition coefficient (Wildman–Crippen LogP) is 2.80. The smallest absolute Gasteiger partial charge is 0.253 e. The minimum absolute atomic E-state index is 0.127. The molecule has 1 aliphatic rings. The van der Waals surface area contributed by atoms with Crippen molar-refractivity contribution in [2.45, 2.75) is 46.1 Å². The van der Waals surface area contributed by atoms with Crippen molar-refractivity contribution in [2.24, 2.45) is 0 Å². The Bertz CT molecular complexity index is 806. The van der Waals surface area contributed by atoms with Gasteiger partial charge in [-0.1, -0.05) is 6.07 Å². The topological polar surface area (TPSA) is 62.0 Å². The molecule has 0 radical (unpaired) electrons. The zero-order chi connectivity index (χ0) is 16.4. The van der Waals surface area contributed by atoms with Crippen molar-refractivity contribution in [1.29, 1.82) is 0 Å². The lowest BCUT2D eigenvalue weighted by Crippen LogP contribution is -2.28. The molecule has 0 bridgehead atoms. The molecule has 0 unspecified atom stereocenters. The Hall–Kier alpha value is -2.36. The molecule has 0 saturated carbocycles. The van der Waals surface area contributed by atoms with Crippen LogP contribution in [0.3, 0.4) is 0 Å². The fraction of sp³-hybridized carbons (Fsp3) is 0.368. The van der Waals surface area contributed by atoms with Gasteiger partial charge in [0, 0.05) is 23.4 Å². The van der Waals surface area contributed by atoms with E-state index in [4.69, 9.17) is 0 Å². The molecule has 1 aliphatic carbocycles. The summed E-state index contributed by atoms with van der Waals surface area (Å²) in [7, 11) is 0. The zero-order valence-electron chi connectivity index (χ0n) is 13.7. The highest BCUT2D eigenvalue weighted by Crippen LogP contribution is 2.22. The third-order valence-electron chi connectivity index (χ3n) is 4.53. The monoisotopic (exact) mass is 310 g/mol. The molecule has 1 amide bonds. The number of rotatable bonds is 3. The summed E-state index contributed by atoms with van der Waals surface area (Å²) in [5.41, 5.74) is 5.53. The van der Waals surface area contributed by atoms with Crippen LogP contribution in [0.25, 0.3) is 0 Å². The second kappa shape index (κ2) is 6.41. The number of pyridine rings is 1. The number of benzene rings is 1. The van der Waals surface area contributed by atoms with Crippen molar-refractivity contribution in [2.75, 3.05) is 0 Å². The Balaban J connectivity index is 1.74. The highest BCUT2D eigenvalue weighted by Gasteiger charge is 2.13. The van der Waals surface area contributed by atoms with E-state index in [0.717, 1.165) is 24.1 Å². The molecule has 1 aromatic carbocycles. The van der Waals surface area contributed by atoms with Crippen LogP contribution in [-0.2, 0) is 19.4 Å². The maximum atomic E-state index is 12.4. The van der Waals surface area contributed by atoms with Gasteiger partial charge in [0.05, 0.1) is 0 Å². The fourth-order valence-electron chi connectivity index (χ4n) is 3.25. The zero-order valence-corrected chi connectivity index (χ0v) is 13.7. The van der Waals surface area contributed by atoms with Crippen molar-refractivity contribution in [1.82, 2.24) is 10.3 Å². The van der Waals surface area contributed by atoms with Crippen LogP contribution in [0, 0.1) is 13.8 Å². The molecule has 1 aromatic heterocycles. The average Bonchev–Trinajstić information content (AvgIpc) is 2.53. The summed E-state index contributed by atoms with van der Waals surface area (Å²) in [6.07, 6.45) is 4.58. The number of nitrogens with one attached hydrogen (secondary N) is 2. The number of carbonyl (C=O) groups is 1. The van der Waals surface area contributed by atoms with Crippen LogP contribution < -0.4 is 10.9 Å². The summed E-state index contributed by atoms with van der Waals surface area (Å²) in [5, 5.41) is 2.86. The van der Waals surface area contributed by atoms with Gasteiger partial charge in [-0.05, 0) is 74.4 Å². The summed E-state index contributed by atoms with van der Waals surface area (Å²) in [5.74, 6) is -0.127. The number of H-pyrrole nitrogens is 1.